The van der Waals surface area contributed by atoms with Crippen LogP contribution in [0.25, 0.3) is 10.9 Å². The van der Waals surface area contributed by atoms with Gasteiger partial charge in [0.15, 0.2) is 5.69 Å². The second-order valence-corrected chi connectivity index (χ2v) is 3.73. The number of amides is 1. The van der Waals surface area contributed by atoms with E-state index in [-0.39, 0.29) is 5.69 Å². The maximum atomic E-state index is 12.1. The van der Waals surface area contributed by atoms with Crippen LogP contribution in [0, 0.1) is 0 Å². The number of H-pyrrole nitrogens is 1. The third-order valence-corrected chi connectivity index (χ3v) is 2.45. The molecule has 3 N–H and O–H groups in total. The van der Waals surface area contributed by atoms with Crippen molar-refractivity contribution < 1.29 is 18.7 Å². The van der Waals surface area contributed by atoms with Gasteiger partial charge in [-0.05, 0) is 6.07 Å². The Hall–Kier alpha value is -2.02. The number of aromatic amines is 1. The van der Waals surface area contributed by atoms with E-state index in [1.165, 1.54) is 0 Å². The van der Waals surface area contributed by atoms with Gasteiger partial charge in [0.1, 0.15) is 6.10 Å². The fourth-order valence-corrected chi connectivity index (χ4v) is 1.51. The SMILES string of the molecule is O=C(NCC(O)C(F)F)c1n[nH]c2ccccc12. The number of nitrogens with one attached hydrogen (secondary N) is 2. The van der Waals surface area contributed by atoms with Crippen LogP contribution in [0.15, 0.2) is 24.3 Å². The molecule has 0 radical (unpaired) electrons. The lowest BCUT2D eigenvalue weighted by Crippen LogP contribution is -2.36. The average molecular weight is 255 g/mol. The van der Waals surface area contributed by atoms with Gasteiger partial charge >= 0.3 is 0 Å². The van der Waals surface area contributed by atoms with E-state index in [2.05, 4.69) is 15.5 Å². The summed E-state index contributed by atoms with van der Waals surface area (Å²) in [6.45, 7) is -0.516. The molecule has 1 amide bonds. The van der Waals surface area contributed by atoms with Gasteiger partial charge in [-0.2, -0.15) is 5.10 Å². The third kappa shape index (κ3) is 2.45. The molecule has 1 aromatic carbocycles. The highest BCUT2D eigenvalue weighted by Crippen LogP contribution is 2.14. The number of hydrogen-bond acceptors (Lipinski definition) is 3. The van der Waals surface area contributed by atoms with Gasteiger partial charge in [0, 0.05) is 11.9 Å². The number of alkyl halides is 2. The number of aromatic nitrogens is 2. The second-order valence-electron chi connectivity index (χ2n) is 3.73. The molecule has 0 aliphatic carbocycles. The maximum absolute atomic E-state index is 12.1. The molecule has 18 heavy (non-hydrogen) atoms. The normalized spacial score (nSPS) is 12.9. The fraction of sp³-hybridized carbons (Fsp3) is 0.273. The lowest BCUT2D eigenvalue weighted by atomic mass is 10.2. The first-order valence-corrected chi connectivity index (χ1v) is 5.27. The predicted molar refractivity (Wildman–Crippen MR) is 60.4 cm³/mol. The molecule has 1 atom stereocenters. The molecule has 0 spiro atoms. The van der Waals surface area contributed by atoms with E-state index in [0.29, 0.717) is 10.9 Å². The van der Waals surface area contributed by atoms with Crippen molar-refractivity contribution in [3.63, 3.8) is 0 Å². The summed E-state index contributed by atoms with van der Waals surface area (Å²) in [5.74, 6) is -0.604. The second kappa shape index (κ2) is 5.09. The van der Waals surface area contributed by atoms with E-state index in [0.717, 1.165) is 0 Å². The van der Waals surface area contributed by atoms with E-state index in [9.17, 15) is 13.6 Å². The highest BCUT2D eigenvalue weighted by atomic mass is 19.3. The first kappa shape index (κ1) is 12.4. The van der Waals surface area contributed by atoms with Gasteiger partial charge in [-0.3, -0.25) is 9.89 Å². The van der Waals surface area contributed by atoms with Crippen molar-refractivity contribution >= 4 is 16.8 Å². The molecule has 0 fully saturated rings. The first-order chi connectivity index (χ1) is 8.59. The molecule has 0 bridgehead atoms. The summed E-state index contributed by atoms with van der Waals surface area (Å²) in [6.07, 6.45) is -4.76. The molecule has 0 saturated heterocycles. The topological polar surface area (TPSA) is 78.0 Å². The van der Waals surface area contributed by atoms with E-state index in [1.807, 2.05) is 0 Å². The average Bonchev–Trinajstić information content (AvgIpc) is 2.79. The summed E-state index contributed by atoms with van der Waals surface area (Å²) in [4.78, 5) is 11.7. The first-order valence-electron chi connectivity index (χ1n) is 5.27. The summed E-state index contributed by atoms with van der Waals surface area (Å²) >= 11 is 0. The van der Waals surface area contributed by atoms with Crippen molar-refractivity contribution in [1.82, 2.24) is 15.5 Å². The Bertz CT molecular complexity index is 556. The van der Waals surface area contributed by atoms with Gasteiger partial charge < -0.3 is 10.4 Å². The minimum atomic E-state index is -2.89. The Morgan fingerprint density at radius 1 is 1.44 bits per heavy atom. The van der Waals surface area contributed by atoms with Gasteiger partial charge in [0.2, 0.25) is 0 Å². The minimum Gasteiger partial charge on any atom is -0.385 e. The Balaban J connectivity index is 2.10. The van der Waals surface area contributed by atoms with E-state index >= 15 is 0 Å². The van der Waals surface area contributed by atoms with Gasteiger partial charge in [-0.1, -0.05) is 18.2 Å². The van der Waals surface area contributed by atoms with Crippen molar-refractivity contribution in [3.8, 4) is 0 Å². The van der Waals surface area contributed by atoms with Crippen LogP contribution in [-0.4, -0.2) is 40.3 Å². The molecule has 2 rings (SSSR count). The summed E-state index contributed by atoms with van der Waals surface area (Å²) in [5, 5.41) is 18.2. The van der Waals surface area contributed by atoms with Crippen molar-refractivity contribution in [2.45, 2.75) is 12.5 Å². The molecule has 0 aliphatic rings. The molecule has 7 heteroatoms. The number of carbonyl (C=O) groups excluding carboxylic acids is 1. The number of aliphatic hydroxyl groups is 1. The lowest BCUT2D eigenvalue weighted by Gasteiger charge is -2.09. The van der Waals surface area contributed by atoms with Gasteiger partial charge in [0.05, 0.1) is 5.52 Å². The van der Waals surface area contributed by atoms with E-state index < -0.39 is 25.0 Å². The zero-order valence-electron chi connectivity index (χ0n) is 9.23. The molecular weight excluding hydrogens is 244 g/mol. The van der Waals surface area contributed by atoms with Crippen LogP contribution < -0.4 is 5.32 Å². The van der Waals surface area contributed by atoms with Crippen LogP contribution >= 0.6 is 0 Å². The van der Waals surface area contributed by atoms with Crippen LogP contribution in [0.1, 0.15) is 10.5 Å². The monoisotopic (exact) mass is 255 g/mol. The number of carbonyl (C=O) groups is 1. The molecule has 96 valence electrons. The number of benzene rings is 1. The summed E-state index contributed by atoms with van der Waals surface area (Å²) in [6, 6.07) is 6.95. The third-order valence-electron chi connectivity index (χ3n) is 2.45. The number of halogens is 2. The van der Waals surface area contributed by atoms with E-state index in [4.69, 9.17) is 5.11 Å². The predicted octanol–water partition coefficient (Wildman–Crippen LogP) is 0.919. The highest BCUT2D eigenvalue weighted by molar-refractivity contribution is 6.04. The van der Waals surface area contributed by atoms with Crippen LogP contribution in [0.4, 0.5) is 8.78 Å². The van der Waals surface area contributed by atoms with E-state index in [1.54, 1.807) is 24.3 Å². The molecular formula is C11H11F2N3O2. The largest absolute Gasteiger partial charge is 0.385 e. The standard InChI is InChI=1S/C11H11F2N3O2/c12-10(13)8(17)5-14-11(18)9-6-3-1-2-4-7(6)15-16-9/h1-4,8,10,17H,5H2,(H,14,18)(H,15,16). The molecule has 0 aliphatic heterocycles. The Kier molecular flexibility index (Phi) is 3.52. The molecule has 2 aromatic rings. The maximum Gasteiger partial charge on any atom is 0.272 e. The Morgan fingerprint density at radius 2 is 2.17 bits per heavy atom. The van der Waals surface area contributed by atoms with Gasteiger partial charge in [-0.15, -0.1) is 0 Å². The zero-order valence-corrected chi connectivity index (χ0v) is 9.23. The molecule has 5 nitrogen and oxygen atoms in total. The van der Waals surface area contributed by atoms with Crippen molar-refractivity contribution in [3.05, 3.63) is 30.0 Å². The number of aliphatic hydroxyl groups excluding tert-OH is 1. The number of hydrogen-bond donors (Lipinski definition) is 3. The lowest BCUT2D eigenvalue weighted by molar-refractivity contribution is -0.00271. The highest BCUT2D eigenvalue weighted by Gasteiger charge is 2.19. The number of para-hydroxylation sites is 1. The van der Waals surface area contributed by atoms with Crippen molar-refractivity contribution in [1.29, 1.82) is 0 Å². The number of nitrogens with zero attached hydrogens (tertiary/aromatic N) is 1. The summed E-state index contributed by atoms with van der Waals surface area (Å²) in [5.41, 5.74) is 0.795. The fourth-order valence-electron chi connectivity index (χ4n) is 1.51. The smallest absolute Gasteiger partial charge is 0.272 e. The molecule has 0 saturated carbocycles. The Morgan fingerprint density at radius 3 is 2.89 bits per heavy atom. The van der Waals surface area contributed by atoms with Gasteiger partial charge in [-0.25, -0.2) is 8.78 Å². The minimum absolute atomic E-state index is 0.118. The van der Waals surface area contributed by atoms with Crippen LogP contribution in [0.2, 0.25) is 0 Å². The van der Waals surface area contributed by atoms with Crippen LogP contribution in [0.5, 0.6) is 0 Å². The van der Waals surface area contributed by atoms with Gasteiger partial charge in [0.25, 0.3) is 12.3 Å². The molecule has 1 aromatic heterocycles. The van der Waals surface area contributed by atoms with Crippen LogP contribution in [0.3, 0.4) is 0 Å². The zero-order chi connectivity index (χ0) is 13.1. The summed E-state index contributed by atoms with van der Waals surface area (Å²) in [7, 11) is 0. The Labute approximate surface area is 101 Å². The molecule has 1 unspecified atom stereocenters. The molecule has 1 heterocycles. The van der Waals surface area contributed by atoms with Crippen LogP contribution in [-0.2, 0) is 0 Å². The van der Waals surface area contributed by atoms with Crippen molar-refractivity contribution in [2.75, 3.05) is 6.54 Å². The summed E-state index contributed by atoms with van der Waals surface area (Å²) < 4.78 is 24.1. The number of fused-ring (bicyclic) bond motifs is 1. The van der Waals surface area contributed by atoms with Crippen molar-refractivity contribution in [2.24, 2.45) is 0 Å². The quantitative estimate of drug-likeness (QED) is 0.760. The number of rotatable bonds is 4.